The summed E-state index contributed by atoms with van der Waals surface area (Å²) in [6, 6.07) is 10.8. The quantitative estimate of drug-likeness (QED) is 0.583. The van der Waals surface area contributed by atoms with Gasteiger partial charge in [-0.1, -0.05) is 39.3 Å². The lowest BCUT2D eigenvalue weighted by molar-refractivity contribution is 0.604. The van der Waals surface area contributed by atoms with Gasteiger partial charge in [0.1, 0.15) is 0 Å². The van der Waals surface area contributed by atoms with E-state index in [0.29, 0.717) is 0 Å². The molecule has 2 rings (SSSR count). The zero-order valence-corrected chi connectivity index (χ0v) is 16.6. The first-order chi connectivity index (χ1) is 9.82. The Balaban J connectivity index is 2.44. The van der Waals surface area contributed by atoms with Crippen LogP contribution in [0.15, 0.2) is 30.3 Å². The largest absolute Gasteiger partial charge is 0.306 e. The molecule has 0 aliphatic rings. The van der Waals surface area contributed by atoms with E-state index in [4.69, 9.17) is 11.6 Å². The van der Waals surface area contributed by atoms with Crippen LogP contribution in [0.2, 0.25) is 5.02 Å². The van der Waals surface area contributed by atoms with Crippen LogP contribution < -0.4 is 5.32 Å². The van der Waals surface area contributed by atoms with E-state index in [1.165, 1.54) is 18.9 Å². The van der Waals surface area contributed by atoms with Gasteiger partial charge < -0.3 is 5.32 Å². The minimum absolute atomic E-state index is 0.196. The van der Waals surface area contributed by atoms with Crippen molar-refractivity contribution in [1.29, 1.82) is 0 Å². The van der Waals surface area contributed by atoms with Gasteiger partial charge in [-0.3, -0.25) is 0 Å². The number of halogens is 2. The smallest absolute Gasteiger partial charge is 0.0681 e. The molecule has 114 valence electrons. The molecule has 0 aliphatic carbocycles. The molecule has 0 aliphatic heterocycles. The second-order valence-electron chi connectivity index (χ2n) is 6.11. The molecule has 1 heterocycles. The van der Waals surface area contributed by atoms with Gasteiger partial charge in [0.25, 0.3) is 0 Å². The summed E-state index contributed by atoms with van der Waals surface area (Å²) in [7, 11) is 0. The van der Waals surface area contributed by atoms with Crippen molar-refractivity contribution in [2.24, 2.45) is 0 Å². The average Bonchev–Trinajstić information content (AvgIpc) is 2.88. The van der Waals surface area contributed by atoms with E-state index in [9.17, 15) is 0 Å². The first-order valence-electron chi connectivity index (χ1n) is 7.11. The van der Waals surface area contributed by atoms with Crippen LogP contribution in [0.25, 0.3) is 0 Å². The molecule has 21 heavy (non-hydrogen) atoms. The Morgan fingerprint density at radius 1 is 1.24 bits per heavy atom. The van der Waals surface area contributed by atoms with Crippen LogP contribution in [0.4, 0.5) is 0 Å². The van der Waals surface area contributed by atoms with Gasteiger partial charge in [-0.15, -0.1) is 11.3 Å². The highest BCUT2D eigenvalue weighted by atomic mass is 127. The van der Waals surface area contributed by atoms with Crippen molar-refractivity contribution in [2.45, 2.75) is 39.2 Å². The number of nitrogens with one attached hydrogen (secondary N) is 1. The minimum atomic E-state index is 0.196. The van der Waals surface area contributed by atoms with Crippen LogP contribution in [0, 0.1) is 3.57 Å². The molecule has 0 saturated carbocycles. The first-order valence-corrected chi connectivity index (χ1v) is 9.38. The molecule has 1 aromatic heterocycles. The predicted octanol–water partition coefficient (Wildman–Crippen LogP) is 6.00. The molecule has 2 aromatic rings. The molecule has 0 radical (unpaired) electrons. The molecular weight excluding hydrogens is 413 g/mol. The highest BCUT2D eigenvalue weighted by Gasteiger charge is 2.22. The maximum atomic E-state index is 6.20. The average molecular weight is 434 g/mol. The van der Waals surface area contributed by atoms with E-state index in [1.807, 2.05) is 17.4 Å². The fourth-order valence-corrected chi connectivity index (χ4v) is 4.20. The van der Waals surface area contributed by atoms with Crippen molar-refractivity contribution in [3.05, 3.63) is 54.2 Å². The van der Waals surface area contributed by atoms with Crippen molar-refractivity contribution >= 4 is 45.5 Å². The molecule has 0 spiro atoms. The third kappa shape index (κ3) is 4.21. The van der Waals surface area contributed by atoms with Gasteiger partial charge >= 0.3 is 0 Å². The van der Waals surface area contributed by atoms with Crippen LogP contribution >= 0.6 is 45.5 Å². The predicted molar refractivity (Wildman–Crippen MR) is 103 cm³/mol. The summed E-state index contributed by atoms with van der Waals surface area (Å²) < 4.78 is 1.24. The second kappa shape index (κ2) is 6.99. The summed E-state index contributed by atoms with van der Waals surface area (Å²) in [4.78, 5) is 2.76. The summed E-state index contributed by atoms with van der Waals surface area (Å²) in [6.07, 6.45) is 0. The Kier molecular flexibility index (Phi) is 5.74. The molecule has 1 N–H and O–H groups in total. The standard InChI is InChI=1S/C17H21ClINS/c1-5-20-16(12-10-11(18)6-7-13(12)19)14-8-9-15(21-14)17(2,3)4/h6-10,16,20H,5H2,1-4H3. The van der Waals surface area contributed by atoms with Crippen molar-refractivity contribution < 1.29 is 0 Å². The zero-order valence-electron chi connectivity index (χ0n) is 12.8. The number of hydrogen-bond acceptors (Lipinski definition) is 2. The normalized spacial score (nSPS) is 13.4. The van der Waals surface area contributed by atoms with Gasteiger partial charge in [-0.25, -0.2) is 0 Å². The summed E-state index contributed by atoms with van der Waals surface area (Å²) in [5, 5.41) is 4.39. The minimum Gasteiger partial charge on any atom is -0.306 e. The second-order valence-corrected chi connectivity index (χ2v) is 8.82. The Bertz CT molecular complexity index is 615. The van der Waals surface area contributed by atoms with E-state index in [-0.39, 0.29) is 11.5 Å². The van der Waals surface area contributed by atoms with Gasteiger partial charge in [0.2, 0.25) is 0 Å². The third-order valence-corrected chi connectivity index (χ3v) is 6.12. The fourth-order valence-electron chi connectivity index (χ4n) is 2.21. The Labute approximate surface area is 150 Å². The first kappa shape index (κ1) is 17.3. The maximum absolute atomic E-state index is 6.20. The third-order valence-electron chi connectivity index (χ3n) is 3.33. The van der Waals surface area contributed by atoms with Crippen molar-refractivity contribution in [3.63, 3.8) is 0 Å². The monoisotopic (exact) mass is 433 g/mol. The molecule has 1 nitrogen and oxygen atoms in total. The SMILES string of the molecule is CCNC(c1ccc(C(C)(C)C)s1)c1cc(Cl)ccc1I. The molecule has 0 amide bonds. The van der Waals surface area contributed by atoms with E-state index in [0.717, 1.165) is 11.6 Å². The van der Waals surface area contributed by atoms with E-state index >= 15 is 0 Å². The highest BCUT2D eigenvalue weighted by Crippen LogP contribution is 2.36. The topological polar surface area (TPSA) is 12.0 Å². The summed E-state index contributed by atoms with van der Waals surface area (Å²) >= 11 is 10.5. The molecule has 0 saturated heterocycles. The molecular formula is C17H21ClINS. The van der Waals surface area contributed by atoms with E-state index < -0.39 is 0 Å². The Hall–Kier alpha value is -0.100. The van der Waals surface area contributed by atoms with Gasteiger partial charge in [0.05, 0.1) is 6.04 Å². The van der Waals surface area contributed by atoms with Crippen LogP contribution in [0.3, 0.4) is 0 Å². The summed E-state index contributed by atoms with van der Waals surface area (Å²) in [5.41, 5.74) is 1.45. The summed E-state index contributed by atoms with van der Waals surface area (Å²) in [5.74, 6) is 0. The van der Waals surface area contributed by atoms with Gasteiger partial charge in [-0.2, -0.15) is 0 Å². The van der Waals surface area contributed by atoms with Gasteiger partial charge in [-0.05, 0) is 70.4 Å². The van der Waals surface area contributed by atoms with Crippen molar-refractivity contribution in [2.75, 3.05) is 6.54 Å². The summed E-state index contributed by atoms with van der Waals surface area (Å²) in [6.45, 7) is 9.84. The van der Waals surface area contributed by atoms with Gasteiger partial charge in [0.15, 0.2) is 0 Å². The Morgan fingerprint density at radius 2 is 1.95 bits per heavy atom. The molecule has 1 atom stereocenters. The number of thiophene rings is 1. The zero-order chi connectivity index (χ0) is 15.6. The van der Waals surface area contributed by atoms with Crippen LogP contribution in [0.5, 0.6) is 0 Å². The van der Waals surface area contributed by atoms with Crippen molar-refractivity contribution in [1.82, 2.24) is 5.32 Å². The van der Waals surface area contributed by atoms with E-state index in [1.54, 1.807) is 0 Å². The van der Waals surface area contributed by atoms with Crippen molar-refractivity contribution in [3.8, 4) is 0 Å². The number of rotatable bonds is 4. The van der Waals surface area contributed by atoms with Crippen LogP contribution in [-0.2, 0) is 5.41 Å². The van der Waals surface area contributed by atoms with E-state index in [2.05, 4.69) is 79.9 Å². The fraction of sp³-hybridized carbons (Fsp3) is 0.412. The molecule has 0 bridgehead atoms. The van der Waals surface area contributed by atoms with Crippen LogP contribution in [0.1, 0.15) is 49.1 Å². The maximum Gasteiger partial charge on any atom is 0.0681 e. The molecule has 1 aromatic carbocycles. The molecule has 1 unspecified atom stereocenters. The number of hydrogen-bond donors (Lipinski definition) is 1. The molecule has 0 fully saturated rings. The van der Waals surface area contributed by atoms with Crippen LogP contribution in [-0.4, -0.2) is 6.54 Å². The lowest BCUT2D eigenvalue weighted by atomic mass is 9.95. The lowest BCUT2D eigenvalue weighted by Crippen LogP contribution is -2.22. The van der Waals surface area contributed by atoms with Gasteiger partial charge in [0, 0.05) is 18.3 Å². The highest BCUT2D eigenvalue weighted by molar-refractivity contribution is 14.1. The number of benzene rings is 1. The Morgan fingerprint density at radius 3 is 2.52 bits per heavy atom. The lowest BCUT2D eigenvalue weighted by Gasteiger charge is -2.20. The molecule has 4 heteroatoms.